The third-order valence-corrected chi connectivity index (χ3v) is 5.45. The minimum absolute atomic E-state index is 0.0292. The molecule has 1 unspecified atom stereocenters. The van der Waals surface area contributed by atoms with Crippen LogP contribution in [0.15, 0.2) is 53.6 Å². The summed E-state index contributed by atoms with van der Waals surface area (Å²) in [5.41, 5.74) is 2.64. The van der Waals surface area contributed by atoms with Crippen molar-refractivity contribution >= 4 is 23.2 Å². The third kappa shape index (κ3) is 4.21. The summed E-state index contributed by atoms with van der Waals surface area (Å²) in [4.78, 5) is 15.2. The van der Waals surface area contributed by atoms with Gasteiger partial charge in [-0.05, 0) is 36.9 Å². The summed E-state index contributed by atoms with van der Waals surface area (Å²) < 4.78 is 5.50. The number of benzene rings is 2. The maximum Gasteiger partial charge on any atom is 0.257 e. The van der Waals surface area contributed by atoms with Gasteiger partial charge in [-0.2, -0.15) is 5.10 Å². The number of hydrazone groups is 1. The highest BCUT2D eigenvalue weighted by Gasteiger charge is 2.35. The zero-order chi connectivity index (χ0) is 20.1. The van der Waals surface area contributed by atoms with Gasteiger partial charge in [-0.3, -0.25) is 9.69 Å². The number of halogens is 1. The van der Waals surface area contributed by atoms with Crippen LogP contribution in [0.1, 0.15) is 37.4 Å². The maximum absolute atomic E-state index is 13.1. The molecule has 148 valence electrons. The van der Waals surface area contributed by atoms with E-state index in [2.05, 4.69) is 18.7 Å². The van der Waals surface area contributed by atoms with Gasteiger partial charge in [0.1, 0.15) is 5.75 Å². The highest BCUT2D eigenvalue weighted by molar-refractivity contribution is 6.31. The molecule has 0 saturated heterocycles. The van der Waals surface area contributed by atoms with Gasteiger partial charge in [-0.1, -0.05) is 55.8 Å². The quantitative estimate of drug-likeness (QED) is 0.694. The number of ether oxygens (including phenoxy) is 1. The van der Waals surface area contributed by atoms with Gasteiger partial charge in [0, 0.05) is 17.0 Å². The molecule has 3 rings (SSSR count). The van der Waals surface area contributed by atoms with Crippen LogP contribution in [0.2, 0.25) is 5.02 Å². The number of likely N-dealkylation sites (N-methyl/N-ethyl adjacent to an activating group) is 1. The van der Waals surface area contributed by atoms with Gasteiger partial charge in [-0.15, -0.1) is 0 Å². The Bertz CT molecular complexity index is 864. The highest BCUT2D eigenvalue weighted by Crippen LogP contribution is 2.37. The van der Waals surface area contributed by atoms with E-state index >= 15 is 0 Å². The molecule has 0 radical (unpaired) electrons. The zero-order valence-corrected chi connectivity index (χ0v) is 17.3. The van der Waals surface area contributed by atoms with Crippen LogP contribution in [0.3, 0.4) is 0 Å². The summed E-state index contributed by atoms with van der Waals surface area (Å²) in [6.07, 6.45) is 0.591. The summed E-state index contributed by atoms with van der Waals surface area (Å²) in [7, 11) is 1.64. The Morgan fingerprint density at radius 2 is 1.86 bits per heavy atom. The summed E-state index contributed by atoms with van der Waals surface area (Å²) in [5, 5.41) is 6.96. The van der Waals surface area contributed by atoms with E-state index < -0.39 is 0 Å². The molecule has 0 bridgehead atoms. The normalized spacial score (nSPS) is 16.4. The Labute approximate surface area is 171 Å². The summed E-state index contributed by atoms with van der Waals surface area (Å²) in [5.74, 6) is 0.718. The first-order valence-corrected chi connectivity index (χ1v) is 9.96. The van der Waals surface area contributed by atoms with Crippen LogP contribution < -0.4 is 4.74 Å². The van der Waals surface area contributed by atoms with E-state index in [1.165, 1.54) is 0 Å². The molecule has 0 spiro atoms. The van der Waals surface area contributed by atoms with E-state index in [0.717, 1.165) is 35.7 Å². The molecule has 1 amide bonds. The summed E-state index contributed by atoms with van der Waals surface area (Å²) in [6.45, 7) is 6.06. The standard InChI is InChI=1S/C22H26ClN3O2/c1-4-25(5-2)15-22(27)26-20(16-10-6-8-12-18(16)23)14-19(24-26)17-11-7-9-13-21(17)28-3/h6-13,20H,4-5,14-15H2,1-3H3. The first kappa shape index (κ1) is 20.4. The fourth-order valence-corrected chi connectivity index (χ4v) is 3.75. The van der Waals surface area contributed by atoms with Gasteiger partial charge >= 0.3 is 0 Å². The Morgan fingerprint density at radius 3 is 2.54 bits per heavy atom. The lowest BCUT2D eigenvalue weighted by atomic mass is 9.98. The smallest absolute Gasteiger partial charge is 0.257 e. The largest absolute Gasteiger partial charge is 0.496 e. The summed E-state index contributed by atoms with van der Waals surface area (Å²) >= 11 is 6.46. The number of carbonyl (C=O) groups excluding carboxylic acids is 1. The highest BCUT2D eigenvalue weighted by atomic mass is 35.5. The molecule has 5 nitrogen and oxygen atoms in total. The molecule has 0 aliphatic carbocycles. The molecule has 6 heteroatoms. The van der Waals surface area contributed by atoms with Crippen molar-refractivity contribution in [1.82, 2.24) is 9.91 Å². The molecule has 0 saturated carbocycles. The van der Waals surface area contributed by atoms with Gasteiger partial charge < -0.3 is 4.74 Å². The second-order valence-corrected chi connectivity index (χ2v) is 7.10. The fraction of sp³-hybridized carbons (Fsp3) is 0.364. The van der Waals surface area contributed by atoms with Crippen molar-refractivity contribution in [2.75, 3.05) is 26.7 Å². The lowest BCUT2D eigenvalue weighted by Gasteiger charge is -2.26. The SMILES string of the molecule is CCN(CC)CC(=O)N1N=C(c2ccccc2OC)CC1c1ccccc1Cl. The Morgan fingerprint density at radius 1 is 1.18 bits per heavy atom. The number of methoxy groups -OCH3 is 1. The second kappa shape index (κ2) is 9.22. The van der Waals surface area contributed by atoms with Crippen molar-refractivity contribution in [2.45, 2.75) is 26.3 Å². The van der Waals surface area contributed by atoms with Crippen molar-refractivity contribution in [2.24, 2.45) is 5.10 Å². The van der Waals surface area contributed by atoms with Gasteiger partial charge in [0.25, 0.3) is 5.91 Å². The van der Waals surface area contributed by atoms with Gasteiger partial charge in [0.15, 0.2) is 0 Å². The van der Waals surface area contributed by atoms with Crippen molar-refractivity contribution in [3.8, 4) is 5.75 Å². The Balaban J connectivity index is 1.98. The monoisotopic (exact) mass is 399 g/mol. The topological polar surface area (TPSA) is 45.1 Å². The molecule has 28 heavy (non-hydrogen) atoms. The molecule has 0 N–H and O–H groups in total. The van der Waals surface area contributed by atoms with E-state index in [9.17, 15) is 4.79 Å². The van der Waals surface area contributed by atoms with E-state index in [1.807, 2.05) is 48.5 Å². The lowest BCUT2D eigenvalue weighted by Crippen LogP contribution is -2.38. The molecule has 1 atom stereocenters. The molecule has 1 aliphatic rings. The minimum Gasteiger partial charge on any atom is -0.496 e. The van der Waals surface area contributed by atoms with Crippen LogP contribution in [0, 0.1) is 0 Å². The number of hydrogen-bond acceptors (Lipinski definition) is 4. The van der Waals surface area contributed by atoms with Crippen molar-refractivity contribution in [3.63, 3.8) is 0 Å². The van der Waals surface area contributed by atoms with Crippen LogP contribution in [0.5, 0.6) is 5.75 Å². The van der Waals surface area contributed by atoms with E-state index in [0.29, 0.717) is 18.0 Å². The predicted molar refractivity (Wildman–Crippen MR) is 113 cm³/mol. The average Bonchev–Trinajstić information content (AvgIpc) is 3.17. The minimum atomic E-state index is -0.225. The lowest BCUT2D eigenvalue weighted by molar-refractivity contribution is -0.134. The molecule has 0 aromatic heterocycles. The van der Waals surface area contributed by atoms with E-state index in [-0.39, 0.29) is 11.9 Å². The number of carbonyl (C=O) groups is 1. The number of nitrogens with zero attached hydrogens (tertiary/aromatic N) is 3. The Kier molecular flexibility index (Phi) is 6.70. The van der Waals surface area contributed by atoms with Gasteiger partial charge in [-0.25, -0.2) is 5.01 Å². The van der Waals surface area contributed by atoms with Crippen LogP contribution in [0.25, 0.3) is 0 Å². The Hall–Kier alpha value is -2.37. The van der Waals surface area contributed by atoms with Crippen molar-refractivity contribution in [1.29, 1.82) is 0 Å². The van der Waals surface area contributed by atoms with Crippen LogP contribution >= 0.6 is 11.6 Å². The van der Waals surface area contributed by atoms with Crippen LogP contribution in [-0.4, -0.2) is 48.3 Å². The van der Waals surface area contributed by atoms with Gasteiger partial charge in [0.2, 0.25) is 0 Å². The maximum atomic E-state index is 13.1. The molecular formula is C22H26ClN3O2. The third-order valence-electron chi connectivity index (χ3n) is 5.10. The van der Waals surface area contributed by atoms with Crippen LogP contribution in [-0.2, 0) is 4.79 Å². The van der Waals surface area contributed by atoms with E-state index in [4.69, 9.17) is 21.4 Å². The van der Waals surface area contributed by atoms with E-state index in [1.54, 1.807) is 12.1 Å². The average molecular weight is 400 g/mol. The molecule has 2 aromatic rings. The fourth-order valence-electron chi connectivity index (χ4n) is 3.48. The van der Waals surface area contributed by atoms with Gasteiger partial charge in [0.05, 0.1) is 25.4 Å². The number of hydrogen-bond donors (Lipinski definition) is 0. The summed E-state index contributed by atoms with van der Waals surface area (Å²) in [6, 6.07) is 15.2. The first-order valence-electron chi connectivity index (χ1n) is 9.58. The number of rotatable bonds is 7. The van der Waals surface area contributed by atoms with Crippen molar-refractivity contribution < 1.29 is 9.53 Å². The molecule has 2 aromatic carbocycles. The zero-order valence-electron chi connectivity index (χ0n) is 16.6. The second-order valence-electron chi connectivity index (χ2n) is 6.69. The first-order chi connectivity index (χ1) is 13.6. The molecular weight excluding hydrogens is 374 g/mol. The predicted octanol–water partition coefficient (Wildman–Crippen LogP) is 4.37. The van der Waals surface area contributed by atoms with Crippen LogP contribution in [0.4, 0.5) is 0 Å². The number of para-hydroxylation sites is 1. The van der Waals surface area contributed by atoms with Crippen molar-refractivity contribution in [3.05, 3.63) is 64.7 Å². The molecule has 1 heterocycles. The molecule has 0 fully saturated rings. The number of amides is 1. The molecule has 1 aliphatic heterocycles.